The lowest BCUT2D eigenvalue weighted by Crippen LogP contribution is -2.46. The van der Waals surface area contributed by atoms with Gasteiger partial charge in [0.25, 0.3) is 5.91 Å². The molecule has 24 heavy (non-hydrogen) atoms. The van der Waals surface area contributed by atoms with Crippen molar-refractivity contribution in [3.05, 3.63) is 24.0 Å². The lowest BCUT2D eigenvalue weighted by Gasteiger charge is -2.37. The van der Waals surface area contributed by atoms with Crippen LogP contribution in [0, 0.1) is 0 Å². The number of likely N-dealkylation sites (tertiary alicyclic amines) is 1. The number of hydrogen-bond donors (Lipinski definition) is 0. The maximum atomic E-state index is 13.1. The van der Waals surface area contributed by atoms with E-state index >= 15 is 0 Å². The zero-order valence-electron chi connectivity index (χ0n) is 15.1. The van der Waals surface area contributed by atoms with Crippen molar-refractivity contribution < 1.29 is 9.53 Å². The number of morpholine rings is 1. The average Bonchev–Trinajstić information content (AvgIpc) is 3.10. The number of hydrogen-bond acceptors (Lipinski definition) is 3. The third-order valence-electron chi connectivity index (χ3n) is 5.32. The minimum atomic E-state index is 0.209. The van der Waals surface area contributed by atoms with Crippen molar-refractivity contribution in [1.82, 2.24) is 14.4 Å². The van der Waals surface area contributed by atoms with Gasteiger partial charge < -0.3 is 14.2 Å². The molecule has 0 aliphatic carbocycles. The van der Waals surface area contributed by atoms with Crippen molar-refractivity contribution in [3.8, 4) is 0 Å². The monoisotopic (exact) mass is 333 g/mol. The van der Waals surface area contributed by atoms with Gasteiger partial charge in [-0.2, -0.15) is 0 Å². The number of aromatic nitrogens is 1. The second-order valence-corrected chi connectivity index (χ2v) is 7.29. The fourth-order valence-corrected chi connectivity index (χ4v) is 3.90. The highest BCUT2D eigenvalue weighted by Crippen LogP contribution is 2.23. The minimum absolute atomic E-state index is 0.209. The first-order valence-corrected chi connectivity index (χ1v) is 9.44. The van der Waals surface area contributed by atoms with Crippen LogP contribution in [-0.4, -0.2) is 65.7 Å². The van der Waals surface area contributed by atoms with Crippen LogP contribution < -0.4 is 0 Å². The van der Waals surface area contributed by atoms with Crippen LogP contribution in [0.15, 0.2) is 18.3 Å². The molecule has 1 aromatic heterocycles. The molecule has 2 saturated heterocycles. The quantitative estimate of drug-likeness (QED) is 0.831. The van der Waals surface area contributed by atoms with E-state index in [0.717, 1.165) is 64.3 Å². The summed E-state index contributed by atoms with van der Waals surface area (Å²) in [5.74, 6) is 0.209. The zero-order chi connectivity index (χ0) is 16.9. The molecule has 3 rings (SSSR count). The van der Waals surface area contributed by atoms with Crippen LogP contribution in [0.5, 0.6) is 0 Å². The number of piperidine rings is 1. The van der Waals surface area contributed by atoms with E-state index in [1.54, 1.807) is 0 Å². The molecule has 2 fully saturated rings. The molecule has 1 atom stereocenters. The summed E-state index contributed by atoms with van der Waals surface area (Å²) in [5.41, 5.74) is 0.836. The third kappa shape index (κ3) is 4.01. The number of rotatable bonds is 5. The predicted molar refractivity (Wildman–Crippen MR) is 95.4 cm³/mol. The molecule has 1 aromatic rings. The molecular formula is C19H31N3O2. The average molecular weight is 333 g/mol. The lowest BCUT2D eigenvalue weighted by molar-refractivity contribution is 0.0293. The van der Waals surface area contributed by atoms with E-state index in [0.29, 0.717) is 12.1 Å². The maximum Gasteiger partial charge on any atom is 0.270 e. The molecule has 3 heterocycles. The fraction of sp³-hybridized carbons (Fsp3) is 0.737. The Morgan fingerprint density at radius 1 is 1.25 bits per heavy atom. The fourth-order valence-electron chi connectivity index (χ4n) is 3.90. The number of ether oxygens (including phenoxy) is 1. The summed E-state index contributed by atoms with van der Waals surface area (Å²) >= 11 is 0. The van der Waals surface area contributed by atoms with Crippen LogP contribution in [0.3, 0.4) is 0 Å². The van der Waals surface area contributed by atoms with E-state index in [9.17, 15) is 4.79 Å². The first-order valence-electron chi connectivity index (χ1n) is 9.44. The third-order valence-corrected chi connectivity index (χ3v) is 5.32. The van der Waals surface area contributed by atoms with Gasteiger partial charge in [0.1, 0.15) is 5.69 Å². The van der Waals surface area contributed by atoms with Gasteiger partial charge in [0.05, 0.1) is 13.2 Å². The van der Waals surface area contributed by atoms with E-state index in [2.05, 4.69) is 28.2 Å². The van der Waals surface area contributed by atoms with E-state index in [1.165, 1.54) is 6.42 Å². The summed E-state index contributed by atoms with van der Waals surface area (Å²) < 4.78 is 7.52. The van der Waals surface area contributed by atoms with E-state index in [-0.39, 0.29) is 5.91 Å². The van der Waals surface area contributed by atoms with Crippen molar-refractivity contribution in [2.24, 2.45) is 0 Å². The van der Waals surface area contributed by atoms with Gasteiger partial charge in [-0.25, -0.2) is 0 Å². The smallest absolute Gasteiger partial charge is 0.270 e. The van der Waals surface area contributed by atoms with Gasteiger partial charge in [-0.15, -0.1) is 0 Å². The molecule has 0 saturated carbocycles. The molecule has 0 spiro atoms. The maximum absolute atomic E-state index is 13.1. The Balaban J connectivity index is 1.64. The predicted octanol–water partition coefficient (Wildman–Crippen LogP) is 2.79. The molecular weight excluding hydrogens is 302 g/mol. The summed E-state index contributed by atoms with van der Waals surface area (Å²) in [6.45, 7) is 9.96. The molecule has 0 N–H and O–H groups in total. The number of carbonyl (C=O) groups excluding carboxylic acids is 1. The summed E-state index contributed by atoms with van der Waals surface area (Å²) in [6.07, 6.45) is 6.60. The molecule has 5 heteroatoms. The number of amides is 1. The van der Waals surface area contributed by atoms with Crippen molar-refractivity contribution in [2.45, 2.75) is 51.6 Å². The molecule has 5 nitrogen and oxygen atoms in total. The molecule has 0 bridgehead atoms. The summed E-state index contributed by atoms with van der Waals surface area (Å²) in [5, 5.41) is 0. The first kappa shape index (κ1) is 17.5. The number of carbonyl (C=O) groups is 1. The van der Waals surface area contributed by atoms with Gasteiger partial charge in [-0.3, -0.25) is 9.69 Å². The Labute approximate surface area is 145 Å². The van der Waals surface area contributed by atoms with Gasteiger partial charge >= 0.3 is 0 Å². The topological polar surface area (TPSA) is 37.7 Å². The highest BCUT2D eigenvalue weighted by molar-refractivity contribution is 5.93. The molecule has 0 aromatic carbocycles. The first-order chi connectivity index (χ1) is 11.7. The van der Waals surface area contributed by atoms with Crippen LogP contribution in [0.2, 0.25) is 0 Å². The van der Waals surface area contributed by atoms with Crippen molar-refractivity contribution in [1.29, 1.82) is 0 Å². The van der Waals surface area contributed by atoms with Crippen molar-refractivity contribution >= 4 is 5.91 Å². The van der Waals surface area contributed by atoms with Crippen molar-refractivity contribution in [3.63, 3.8) is 0 Å². The van der Waals surface area contributed by atoms with Crippen LogP contribution in [-0.2, 0) is 4.74 Å². The summed E-state index contributed by atoms with van der Waals surface area (Å²) in [4.78, 5) is 17.7. The number of nitrogens with zero attached hydrogens (tertiary/aromatic N) is 3. The van der Waals surface area contributed by atoms with Crippen LogP contribution in [0.1, 0.15) is 56.1 Å². The molecule has 0 radical (unpaired) electrons. The lowest BCUT2D eigenvalue weighted by atomic mass is 9.98. The Bertz CT molecular complexity index is 534. The molecule has 1 amide bonds. The van der Waals surface area contributed by atoms with Gasteiger partial charge in [0.2, 0.25) is 0 Å². The molecule has 134 valence electrons. The van der Waals surface area contributed by atoms with Gasteiger partial charge in [0, 0.05) is 44.5 Å². The standard InChI is InChI=1S/C19H31N3O2/c1-16(2)21-10-5-7-18(21)19(23)22-9-4-3-6-17(22)8-11-20-12-14-24-15-13-20/h5,7,10,16-17H,3-4,6,8-9,11-15H2,1-2H3/t17-/m0/s1. The minimum Gasteiger partial charge on any atom is -0.379 e. The van der Waals surface area contributed by atoms with E-state index in [4.69, 9.17) is 4.74 Å². The normalized spacial score (nSPS) is 23.0. The van der Waals surface area contributed by atoms with Gasteiger partial charge in [0.15, 0.2) is 0 Å². The Morgan fingerprint density at radius 2 is 2.04 bits per heavy atom. The van der Waals surface area contributed by atoms with Crippen LogP contribution in [0.4, 0.5) is 0 Å². The molecule has 2 aliphatic rings. The second kappa shape index (κ2) is 8.17. The second-order valence-electron chi connectivity index (χ2n) is 7.29. The van der Waals surface area contributed by atoms with Crippen LogP contribution >= 0.6 is 0 Å². The van der Waals surface area contributed by atoms with Gasteiger partial charge in [-0.1, -0.05) is 0 Å². The Kier molecular flexibility index (Phi) is 5.95. The zero-order valence-corrected chi connectivity index (χ0v) is 15.1. The summed E-state index contributed by atoms with van der Waals surface area (Å²) in [7, 11) is 0. The SMILES string of the molecule is CC(C)n1cccc1C(=O)N1CCCC[C@H]1CCN1CCOCC1. The van der Waals surface area contributed by atoms with Crippen LogP contribution in [0.25, 0.3) is 0 Å². The van der Waals surface area contributed by atoms with Gasteiger partial charge in [-0.05, 0) is 51.7 Å². The highest BCUT2D eigenvalue weighted by atomic mass is 16.5. The van der Waals surface area contributed by atoms with Crippen molar-refractivity contribution in [2.75, 3.05) is 39.4 Å². The van der Waals surface area contributed by atoms with E-state index in [1.807, 2.05) is 18.3 Å². The Morgan fingerprint density at radius 3 is 2.79 bits per heavy atom. The molecule has 0 unspecified atom stereocenters. The largest absolute Gasteiger partial charge is 0.379 e. The molecule has 2 aliphatic heterocycles. The summed E-state index contributed by atoms with van der Waals surface area (Å²) in [6, 6.07) is 4.65. The van der Waals surface area contributed by atoms with E-state index < -0.39 is 0 Å². The Hall–Kier alpha value is -1.33. The highest BCUT2D eigenvalue weighted by Gasteiger charge is 2.29.